The van der Waals surface area contributed by atoms with Crippen molar-refractivity contribution >= 4 is 27.5 Å². The molecule has 0 spiro atoms. The third-order valence-corrected chi connectivity index (χ3v) is 4.96. The van der Waals surface area contributed by atoms with Crippen LogP contribution in [0, 0.1) is 0 Å². The molecular weight excluding hydrogens is 332 g/mol. The Labute approximate surface area is 139 Å². The van der Waals surface area contributed by atoms with Gasteiger partial charge in [0, 0.05) is 11.4 Å². The van der Waals surface area contributed by atoms with Crippen molar-refractivity contribution in [3.63, 3.8) is 0 Å². The maximum atomic E-state index is 12.4. The molecule has 0 atom stereocenters. The highest BCUT2D eigenvalue weighted by Crippen LogP contribution is 2.23. The van der Waals surface area contributed by atoms with Gasteiger partial charge < -0.3 is 9.47 Å². The van der Waals surface area contributed by atoms with E-state index in [-0.39, 0.29) is 4.90 Å². The first-order chi connectivity index (χ1) is 11.5. The number of hydrogen-bond acceptors (Lipinski definition) is 5. The summed E-state index contributed by atoms with van der Waals surface area (Å²) in [6, 6.07) is 12.6. The molecule has 0 bridgehead atoms. The van der Waals surface area contributed by atoms with Gasteiger partial charge in [-0.25, -0.2) is 13.2 Å². The van der Waals surface area contributed by atoms with Gasteiger partial charge in [-0.15, -0.1) is 0 Å². The van der Waals surface area contributed by atoms with Crippen LogP contribution < -0.4 is 14.4 Å². The molecule has 126 valence electrons. The maximum Gasteiger partial charge on any atom is 0.414 e. The first-order valence-electron chi connectivity index (χ1n) is 7.21. The Bertz CT molecular complexity index is 832. The summed E-state index contributed by atoms with van der Waals surface area (Å²) < 4.78 is 37.1. The Morgan fingerprint density at radius 1 is 1.08 bits per heavy atom. The predicted octanol–water partition coefficient (Wildman–Crippen LogP) is 2.45. The first-order valence-corrected chi connectivity index (χ1v) is 8.69. The summed E-state index contributed by atoms with van der Waals surface area (Å²) in [6.07, 6.45) is -0.401. The summed E-state index contributed by atoms with van der Waals surface area (Å²) in [7, 11) is -2.18. The van der Waals surface area contributed by atoms with E-state index in [2.05, 4.69) is 4.72 Å². The number of methoxy groups -OCH3 is 1. The zero-order chi connectivity index (χ0) is 17.2. The van der Waals surface area contributed by atoms with Crippen molar-refractivity contribution in [1.29, 1.82) is 0 Å². The number of cyclic esters (lactones) is 1. The molecule has 0 aromatic heterocycles. The molecule has 3 rings (SSSR count). The highest BCUT2D eigenvalue weighted by Gasteiger charge is 2.23. The van der Waals surface area contributed by atoms with Gasteiger partial charge in [0.2, 0.25) is 0 Å². The smallest absolute Gasteiger partial charge is 0.414 e. The van der Waals surface area contributed by atoms with Crippen molar-refractivity contribution in [3.05, 3.63) is 48.5 Å². The topological polar surface area (TPSA) is 84.9 Å². The van der Waals surface area contributed by atoms with Gasteiger partial charge >= 0.3 is 6.09 Å². The lowest BCUT2D eigenvalue weighted by Crippen LogP contribution is -2.23. The van der Waals surface area contributed by atoms with E-state index in [4.69, 9.17) is 9.47 Å². The molecule has 1 aliphatic heterocycles. The van der Waals surface area contributed by atoms with Gasteiger partial charge in [-0.3, -0.25) is 9.62 Å². The summed E-state index contributed by atoms with van der Waals surface area (Å²) in [5, 5.41) is 0. The molecule has 7 nitrogen and oxygen atoms in total. The van der Waals surface area contributed by atoms with Crippen LogP contribution in [0.15, 0.2) is 53.4 Å². The SMILES string of the molecule is COc1ccc(S(=O)(=O)Nc2ccc(N3CCOC3=O)cc2)cc1. The number of hydrogen-bond donors (Lipinski definition) is 1. The summed E-state index contributed by atoms with van der Waals surface area (Å²) in [4.78, 5) is 13.1. The van der Waals surface area contributed by atoms with Crippen LogP contribution >= 0.6 is 0 Å². The summed E-state index contributed by atoms with van der Waals surface area (Å²) in [5.41, 5.74) is 1.06. The standard InChI is InChI=1S/C16H16N2O5S/c1-22-14-6-8-15(9-7-14)24(20,21)17-12-2-4-13(5-3-12)18-10-11-23-16(18)19/h2-9,17H,10-11H2,1H3. The molecule has 1 aliphatic rings. The third kappa shape index (κ3) is 3.28. The van der Waals surface area contributed by atoms with Gasteiger partial charge in [-0.1, -0.05) is 0 Å². The van der Waals surface area contributed by atoms with Crippen molar-refractivity contribution in [2.24, 2.45) is 0 Å². The predicted molar refractivity (Wildman–Crippen MR) is 88.9 cm³/mol. The van der Waals surface area contributed by atoms with Gasteiger partial charge in [-0.2, -0.15) is 0 Å². The molecule has 0 unspecified atom stereocenters. The van der Waals surface area contributed by atoms with Crippen molar-refractivity contribution in [2.45, 2.75) is 4.90 Å². The zero-order valence-corrected chi connectivity index (χ0v) is 13.7. The summed E-state index contributed by atoms with van der Waals surface area (Å²) >= 11 is 0. The highest BCUT2D eigenvalue weighted by molar-refractivity contribution is 7.92. The van der Waals surface area contributed by atoms with E-state index in [1.807, 2.05) is 0 Å². The second-order valence-corrected chi connectivity index (χ2v) is 6.78. The molecular formula is C16H16N2O5S. The number of nitrogens with one attached hydrogen (secondary N) is 1. The van der Waals surface area contributed by atoms with Crippen LogP contribution in [0.2, 0.25) is 0 Å². The van der Waals surface area contributed by atoms with Crippen LogP contribution in [0.25, 0.3) is 0 Å². The Morgan fingerprint density at radius 2 is 1.75 bits per heavy atom. The van der Waals surface area contributed by atoms with Crippen molar-refractivity contribution in [1.82, 2.24) is 0 Å². The highest BCUT2D eigenvalue weighted by atomic mass is 32.2. The minimum atomic E-state index is -3.69. The van der Waals surface area contributed by atoms with E-state index in [1.54, 1.807) is 36.4 Å². The molecule has 8 heteroatoms. The number of benzene rings is 2. The summed E-state index contributed by atoms with van der Waals surface area (Å²) in [5.74, 6) is 0.579. The Morgan fingerprint density at radius 3 is 2.29 bits per heavy atom. The van der Waals surface area contributed by atoms with E-state index in [0.29, 0.717) is 30.3 Å². The number of amides is 1. The largest absolute Gasteiger partial charge is 0.497 e. The Balaban J connectivity index is 1.75. The minimum absolute atomic E-state index is 0.135. The van der Waals surface area contributed by atoms with Gasteiger partial charge in [0.05, 0.1) is 18.6 Å². The molecule has 0 radical (unpaired) electrons. The number of ether oxygens (including phenoxy) is 2. The molecule has 2 aromatic rings. The second-order valence-electron chi connectivity index (χ2n) is 5.09. The summed E-state index contributed by atoms with van der Waals surface area (Å²) in [6.45, 7) is 0.834. The average Bonchev–Trinajstić information content (AvgIpc) is 3.01. The molecule has 0 saturated carbocycles. The van der Waals surface area contributed by atoms with E-state index in [1.165, 1.54) is 24.1 Å². The fraction of sp³-hybridized carbons (Fsp3) is 0.188. The number of sulfonamides is 1. The van der Waals surface area contributed by atoms with E-state index >= 15 is 0 Å². The lowest BCUT2D eigenvalue weighted by atomic mass is 10.2. The van der Waals surface area contributed by atoms with Crippen LogP contribution in [0.4, 0.5) is 16.2 Å². The number of rotatable bonds is 5. The fourth-order valence-electron chi connectivity index (χ4n) is 2.31. The molecule has 0 aliphatic carbocycles. The molecule has 1 amide bonds. The van der Waals surface area contributed by atoms with Crippen molar-refractivity contribution in [2.75, 3.05) is 29.9 Å². The van der Waals surface area contributed by atoms with Crippen LogP contribution in [-0.2, 0) is 14.8 Å². The van der Waals surface area contributed by atoms with Crippen LogP contribution in [-0.4, -0.2) is 34.8 Å². The van der Waals surface area contributed by atoms with Crippen LogP contribution in [0.5, 0.6) is 5.75 Å². The molecule has 1 saturated heterocycles. The maximum absolute atomic E-state index is 12.4. The van der Waals surface area contributed by atoms with Crippen molar-refractivity contribution < 1.29 is 22.7 Å². The van der Waals surface area contributed by atoms with E-state index in [9.17, 15) is 13.2 Å². The fourth-order valence-corrected chi connectivity index (χ4v) is 3.36. The van der Waals surface area contributed by atoms with Gasteiger partial charge in [0.15, 0.2) is 0 Å². The minimum Gasteiger partial charge on any atom is -0.497 e. The molecule has 1 heterocycles. The second kappa shape index (κ2) is 6.40. The van der Waals surface area contributed by atoms with Gasteiger partial charge in [-0.05, 0) is 48.5 Å². The van der Waals surface area contributed by atoms with Gasteiger partial charge in [0.1, 0.15) is 12.4 Å². The number of carbonyl (C=O) groups excluding carboxylic acids is 1. The quantitative estimate of drug-likeness (QED) is 0.897. The van der Waals surface area contributed by atoms with E-state index in [0.717, 1.165) is 0 Å². The van der Waals surface area contributed by atoms with Crippen LogP contribution in [0.3, 0.4) is 0 Å². The van der Waals surface area contributed by atoms with Crippen molar-refractivity contribution in [3.8, 4) is 5.75 Å². The monoisotopic (exact) mass is 348 g/mol. The number of carbonyl (C=O) groups is 1. The Kier molecular flexibility index (Phi) is 4.30. The van der Waals surface area contributed by atoms with Crippen LogP contribution in [0.1, 0.15) is 0 Å². The molecule has 1 N–H and O–H groups in total. The average molecular weight is 348 g/mol. The number of anilines is 2. The third-order valence-electron chi connectivity index (χ3n) is 3.56. The van der Waals surface area contributed by atoms with Gasteiger partial charge in [0.25, 0.3) is 10.0 Å². The normalized spacial score (nSPS) is 14.4. The van der Waals surface area contributed by atoms with E-state index < -0.39 is 16.1 Å². The molecule has 1 fully saturated rings. The number of nitrogens with zero attached hydrogens (tertiary/aromatic N) is 1. The Hall–Kier alpha value is -2.74. The molecule has 24 heavy (non-hydrogen) atoms. The first kappa shape index (κ1) is 16.1. The lowest BCUT2D eigenvalue weighted by Gasteiger charge is -2.14. The molecule has 2 aromatic carbocycles. The zero-order valence-electron chi connectivity index (χ0n) is 12.9. The lowest BCUT2D eigenvalue weighted by molar-refractivity contribution is 0.181.